The van der Waals surface area contributed by atoms with Gasteiger partial charge >= 0.3 is 6.01 Å². The Kier molecular flexibility index (Phi) is 3.76. The summed E-state index contributed by atoms with van der Waals surface area (Å²) in [4.78, 5) is 19.9. The van der Waals surface area contributed by atoms with E-state index in [0.717, 1.165) is 48.6 Å². The molecule has 0 spiro atoms. The van der Waals surface area contributed by atoms with Gasteiger partial charge in [-0.2, -0.15) is 0 Å². The number of nitrogens with zero attached hydrogens (tertiary/aromatic N) is 6. The van der Waals surface area contributed by atoms with Crippen LogP contribution >= 0.6 is 0 Å². The van der Waals surface area contributed by atoms with Crippen LogP contribution in [0.25, 0.3) is 11.2 Å². The van der Waals surface area contributed by atoms with Crippen molar-refractivity contribution in [1.82, 2.24) is 24.5 Å². The third kappa shape index (κ3) is 2.77. The van der Waals surface area contributed by atoms with Gasteiger partial charge in [0, 0.05) is 32.2 Å². The lowest BCUT2D eigenvalue weighted by Crippen LogP contribution is -2.42. The molecule has 0 N–H and O–H groups in total. The SMILES string of the molecule is Cc1cnc(OC2CCCN(c3nc4cccnc4n3C)C2)nc1. The highest BCUT2D eigenvalue weighted by Crippen LogP contribution is 2.24. The molecule has 24 heavy (non-hydrogen) atoms. The second-order valence-electron chi connectivity index (χ2n) is 6.19. The maximum absolute atomic E-state index is 5.96. The van der Waals surface area contributed by atoms with Crippen molar-refractivity contribution in [3.8, 4) is 6.01 Å². The van der Waals surface area contributed by atoms with E-state index in [0.29, 0.717) is 6.01 Å². The van der Waals surface area contributed by atoms with E-state index in [4.69, 9.17) is 9.72 Å². The summed E-state index contributed by atoms with van der Waals surface area (Å²) in [7, 11) is 2.01. The maximum atomic E-state index is 5.96. The molecule has 3 aromatic rings. The van der Waals surface area contributed by atoms with Crippen LogP contribution in [0.3, 0.4) is 0 Å². The number of fused-ring (bicyclic) bond motifs is 1. The van der Waals surface area contributed by atoms with Crippen molar-refractivity contribution in [2.24, 2.45) is 7.05 Å². The second-order valence-corrected chi connectivity index (χ2v) is 6.19. The van der Waals surface area contributed by atoms with Crippen LogP contribution in [0.4, 0.5) is 5.95 Å². The van der Waals surface area contributed by atoms with E-state index in [2.05, 4.69) is 19.9 Å². The van der Waals surface area contributed by atoms with Gasteiger partial charge in [0.25, 0.3) is 0 Å². The first-order valence-electron chi connectivity index (χ1n) is 8.18. The average molecular weight is 324 g/mol. The zero-order valence-corrected chi connectivity index (χ0v) is 13.9. The highest BCUT2D eigenvalue weighted by atomic mass is 16.5. The summed E-state index contributed by atoms with van der Waals surface area (Å²) in [5, 5.41) is 0. The van der Waals surface area contributed by atoms with Gasteiger partial charge in [0.2, 0.25) is 5.95 Å². The topological polar surface area (TPSA) is 69.0 Å². The molecule has 1 atom stereocenters. The number of hydrogen-bond acceptors (Lipinski definition) is 6. The molecule has 1 aliphatic rings. The van der Waals surface area contributed by atoms with Crippen molar-refractivity contribution < 1.29 is 4.74 Å². The molecule has 4 rings (SSSR count). The summed E-state index contributed by atoms with van der Waals surface area (Å²) >= 11 is 0. The number of piperidine rings is 1. The molecule has 4 heterocycles. The molecule has 1 saturated heterocycles. The van der Waals surface area contributed by atoms with Crippen molar-refractivity contribution in [2.45, 2.75) is 25.9 Å². The minimum Gasteiger partial charge on any atom is -0.458 e. The van der Waals surface area contributed by atoms with Gasteiger partial charge in [0.15, 0.2) is 5.65 Å². The molecule has 1 fully saturated rings. The monoisotopic (exact) mass is 324 g/mol. The van der Waals surface area contributed by atoms with E-state index < -0.39 is 0 Å². The fraction of sp³-hybridized carbons (Fsp3) is 0.412. The number of hydrogen-bond donors (Lipinski definition) is 0. The van der Waals surface area contributed by atoms with Crippen molar-refractivity contribution in [3.63, 3.8) is 0 Å². The van der Waals surface area contributed by atoms with Crippen LogP contribution in [-0.2, 0) is 7.05 Å². The average Bonchev–Trinajstić information content (AvgIpc) is 2.95. The molecule has 1 aliphatic heterocycles. The third-order valence-electron chi connectivity index (χ3n) is 4.29. The van der Waals surface area contributed by atoms with Gasteiger partial charge < -0.3 is 9.64 Å². The largest absolute Gasteiger partial charge is 0.458 e. The predicted octanol–water partition coefficient (Wildman–Crippen LogP) is 2.11. The van der Waals surface area contributed by atoms with Crippen LogP contribution < -0.4 is 9.64 Å². The molecule has 0 amide bonds. The van der Waals surface area contributed by atoms with E-state index in [-0.39, 0.29) is 6.10 Å². The Morgan fingerprint density at radius 3 is 2.83 bits per heavy atom. The lowest BCUT2D eigenvalue weighted by Gasteiger charge is -2.32. The fourth-order valence-corrected chi connectivity index (χ4v) is 3.10. The third-order valence-corrected chi connectivity index (χ3v) is 4.29. The standard InChI is InChI=1S/C17H20N6O/c1-12-9-19-16(20-10-12)24-13-5-4-8-23(11-13)17-21-14-6-3-7-18-15(14)22(17)2/h3,6-7,9-10,13H,4-5,8,11H2,1-2H3. The maximum Gasteiger partial charge on any atom is 0.316 e. The summed E-state index contributed by atoms with van der Waals surface area (Å²) in [6.07, 6.45) is 7.46. The smallest absolute Gasteiger partial charge is 0.316 e. The first kappa shape index (κ1) is 14.9. The van der Waals surface area contributed by atoms with Crippen molar-refractivity contribution in [3.05, 3.63) is 36.3 Å². The summed E-state index contributed by atoms with van der Waals surface area (Å²) in [5.74, 6) is 0.932. The second kappa shape index (κ2) is 6.07. The number of rotatable bonds is 3. The van der Waals surface area contributed by atoms with E-state index >= 15 is 0 Å². The van der Waals surface area contributed by atoms with Gasteiger partial charge in [-0.25, -0.2) is 19.9 Å². The molecule has 0 radical (unpaired) electrons. The van der Waals surface area contributed by atoms with E-state index in [1.165, 1.54) is 0 Å². The Labute approximate surface area is 140 Å². The van der Waals surface area contributed by atoms with E-state index in [1.807, 2.05) is 30.7 Å². The van der Waals surface area contributed by atoms with Gasteiger partial charge in [0.05, 0.1) is 6.54 Å². The minimum absolute atomic E-state index is 0.0641. The quantitative estimate of drug-likeness (QED) is 0.735. The van der Waals surface area contributed by atoms with Crippen LogP contribution in [0.5, 0.6) is 6.01 Å². The van der Waals surface area contributed by atoms with Crippen molar-refractivity contribution in [2.75, 3.05) is 18.0 Å². The molecule has 124 valence electrons. The Morgan fingerprint density at radius 1 is 1.21 bits per heavy atom. The van der Waals surface area contributed by atoms with Gasteiger partial charge in [0.1, 0.15) is 11.6 Å². The normalized spacial score (nSPS) is 18.1. The van der Waals surface area contributed by atoms with E-state index in [9.17, 15) is 0 Å². The molecule has 7 nitrogen and oxygen atoms in total. The molecule has 3 aromatic heterocycles. The summed E-state index contributed by atoms with van der Waals surface area (Å²) < 4.78 is 8.00. The molecule has 0 saturated carbocycles. The number of pyridine rings is 1. The Hall–Kier alpha value is -2.70. The lowest BCUT2D eigenvalue weighted by molar-refractivity contribution is 0.163. The Balaban J connectivity index is 1.53. The summed E-state index contributed by atoms with van der Waals surface area (Å²) in [6, 6.07) is 4.35. The van der Waals surface area contributed by atoms with E-state index in [1.54, 1.807) is 18.6 Å². The molecular formula is C17H20N6O. The van der Waals surface area contributed by atoms with Crippen LogP contribution in [0.15, 0.2) is 30.7 Å². The van der Waals surface area contributed by atoms with Crippen LogP contribution in [0.2, 0.25) is 0 Å². The van der Waals surface area contributed by atoms with Gasteiger partial charge in [-0.1, -0.05) is 0 Å². The predicted molar refractivity (Wildman–Crippen MR) is 91.1 cm³/mol. The van der Waals surface area contributed by atoms with Crippen molar-refractivity contribution in [1.29, 1.82) is 0 Å². The lowest BCUT2D eigenvalue weighted by atomic mass is 10.1. The molecule has 0 aliphatic carbocycles. The molecular weight excluding hydrogens is 304 g/mol. The minimum atomic E-state index is 0.0641. The molecule has 0 bridgehead atoms. The van der Waals surface area contributed by atoms with Crippen LogP contribution in [0.1, 0.15) is 18.4 Å². The Morgan fingerprint density at radius 2 is 2.04 bits per heavy atom. The highest BCUT2D eigenvalue weighted by Gasteiger charge is 2.25. The molecule has 0 aromatic carbocycles. The zero-order valence-electron chi connectivity index (χ0n) is 13.9. The number of ether oxygens (including phenoxy) is 1. The van der Waals surface area contributed by atoms with Gasteiger partial charge in [-0.05, 0) is 37.5 Å². The summed E-state index contributed by atoms with van der Waals surface area (Å²) in [5.41, 5.74) is 2.84. The first-order valence-corrected chi connectivity index (χ1v) is 8.18. The number of imidazole rings is 1. The fourth-order valence-electron chi connectivity index (χ4n) is 3.10. The van der Waals surface area contributed by atoms with Crippen LogP contribution in [0, 0.1) is 6.92 Å². The molecule has 7 heteroatoms. The van der Waals surface area contributed by atoms with Crippen molar-refractivity contribution >= 4 is 17.1 Å². The summed E-state index contributed by atoms with van der Waals surface area (Å²) in [6.45, 7) is 3.70. The highest BCUT2D eigenvalue weighted by molar-refractivity contribution is 5.74. The first-order chi connectivity index (χ1) is 11.7. The number of aryl methyl sites for hydroxylation is 2. The Bertz CT molecular complexity index is 844. The molecule has 1 unspecified atom stereocenters. The van der Waals surface area contributed by atoms with Gasteiger partial charge in [-0.3, -0.25) is 4.57 Å². The zero-order chi connectivity index (χ0) is 16.5. The van der Waals surface area contributed by atoms with Gasteiger partial charge in [-0.15, -0.1) is 0 Å². The number of anilines is 1. The van der Waals surface area contributed by atoms with Crippen LogP contribution in [-0.4, -0.2) is 43.7 Å². The number of aromatic nitrogens is 5.